The first-order chi connectivity index (χ1) is 9.52. The number of nitriles is 1. The number of halogens is 3. The number of thioether (sulfide) groups is 1. The highest BCUT2D eigenvalue weighted by Gasteiger charge is 2.13. The van der Waals surface area contributed by atoms with Gasteiger partial charge in [0.25, 0.3) is 0 Å². The second kappa shape index (κ2) is 5.88. The van der Waals surface area contributed by atoms with E-state index in [9.17, 15) is 13.2 Å². The highest BCUT2D eigenvalue weighted by molar-refractivity contribution is 7.98. The molecule has 0 atom stereocenters. The van der Waals surface area contributed by atoms with Crippen LogP contribution in [0.5, 0.6) is 0 Å². The van der Waals surface area contributed by atoms with Crippen molar-refractivity contribution in [2.24, 2.45) is 0 Å². The van der Waals surface area contributed by atoms with E-state index in [1.54, 1.807) is 6.07 Å². The predicted octanol–water partition coefficient (Wildman–Crippen LogP) is 3.85. The molecule has 2 N–H and O–H groups in total. The summed E-state index contributed by atoms with van der Waals surface area (Å²) in [5.41, 5.74) is 5.42. The van der Waals surface area contributed by atoms with E-state index in [2.05, 4.69) is 0 Å². The summed E-state index contributed by atoms with van der Waals surface area (Å²) in [6.07, 6.45) is 0. The monoisotopic (exact) mass is 294 g/mol. The standard InChI is InChI=1S/C14H9F3N2S/c15-11-4-10(19)5-12(16)14(11)20-7-9-3-1-2-8(6-18)13(9)17/h1-5H,7,19H2. The van der Waals surface area contributed by atoms with Crippen LogP contribution in [0.3, 0.4) is 0 Å². The molecule has 2 aromatic rings. The van der Waals surface area contributed by atoms with Crippen LogP contribution in [0.25, 0.3) is 0 Å². The summed E-state index contributed by atoms with van der Waals surface area (Å²) in [4.78, 5) is -0.221. The van der Waals surface area contributed by atoms with Crippen molar-refractivity contribution in [3.63, 3.8) is 0 Å². The minimum atomic E-state index is -0.788. The first kappa shape index (κ1) is 14.3. The van der Waals surface area contributed by atoms with Gasteiger partial charge in [-0.1, -0.05) is 12.1 Å². The maximum Gasteiger partial charge on any atom is 0.144 e. The molecule has 0 saturated heterocycles. The Bertz CT molecular complexity index is 672. The van der Waals surface area contributed by atoms with Crippen LogP contribution in [0.1, 0.15) is 11.1 Å². The van der Waals surface area contributed by atoms with E-state index >= 15 is 0 Å². The SMILES string of the molecule is N#Cc1cccc(CSc2c(F)cc(N)cc2F)c1F. The molecular weight excluding hydrogens is 285 g/mol. The Balaban J connectivity index is 2.24. The zero-order valence-corrected chi connectivity index (χ0v) is 11.0. The zero-order valence-electron chi connectivity index (χ0n) is 10.2. The molecule has 0 aliphatic rings. The fourth-order valence-electron chi connectivity index (χ4n) is 1.64. The van der Waals surface area contributed by atoms with Crippen LogP contribution < -0.4 is 5.73 Å². The van der Waals surface area contributed by atoms with E-state index < -0.39 is 17.5 Å². The van der Waals surface area contributed by atoms with Gasteiger partial charge in [-0.05, 0) is 23.8 Å². The molecule has 2 rings (SSSR count). The molecule has 0 bridgehead atoms. The highest BCUT2D eigenvalue weighted by atomic mass is 32.2. The lowest BCUT2D eigenvalue weighted by molar-refractivity contribution is 0.541. The van der Waals surface area contributed by atoms with Gasteiger partial charge >= 0.3 is 0 Å². The topological polar surface area (TPSA) is 49.8 Å². The highest BCUT2D eigenvalue weighted by Crippen LogP contribution is 2.30. The van der Waals surface area contributed by atoms with Crippen LogP contribution in [0.15, 0.2) is 35.2 Å². The van der Waals surface area contributed by atoms with Crippen molar-refractivity contribution in [2.45, 2.75) is 10.6 Å². The summed E-state index contributed by atoms with van der Waals surface area (Å²) < 4.78 is 40.9. The maximum absolute atomic E-state index is 13.8. The molecule has 0 saturated carbocycles. The second-order valence-corrected chi connectivity index (χ2v) is 4.98. The number of nitrogen functional groups attached to an aromatic ring is 1. The largest absolute Gasteiger partial charge is 0.399 e. The summed E-state index contributed by atoms with van der Waals surface area (Å²) in [5, 5.41) is 8.72. The van der Waals surface area contributed by atoms with Gasteiger partial charge in [0.1, 0.15) is 23.5 Å². The lowest BCUT2D eigenvalue weighted by atomic mass is 10.1. The third-order valence-electron chi connectivity index (χ3n) is 2.59. The number of rotatable bonds is 3. The third kappa shape index (κ3) is 2.89. The third-order valence-corrected chi connectivity index (χ3v) is 3.73. The van der Waals surface area contributed by atoms with Crippen LogP contribution >= 0.6 is 11.8 Å². The van der Waals surface area contributed by atoms with Gasteiger partial charge < -0.3 is 5.73 Å². The Kier molecular flexibility index (Phi) is 4.20. The Hall–Kier alpha value is -2.13. The van der Waals surface area contributed by atoms with Crippen molar-refractivity contribution in [3.05, 3.63) is 58.9 Å². The van der Waals surface area contributed by atoms with Crippen LogP contribution in [-0.4, -0.2) is 0 Å². The van der Waals surface area contributed by atoms with Crippen molar-refractivity contribution in [1.82, 2.24) is 0 Å². The van der Waals surface area contributed by atoms with E-state index in [0.717, 1.165) is 23.9 Å². The molecule has 0 radical (unpaired) electrons. The van der Waals surface area contributed by atoms with Crippen molar-refractivity contribution in [3.8, 4) is 6.07 Å². The number of hydrogen-bond donors (Lipinski definition) is 1. The predicted molar refractivity (Wildman–Crippen MR) is 71.4 cm³/mol. The molecule has 0 spiro atoms. The fourth-order valence-corrected chi connectivity index (χ4v) is 2.56. The van der Waals surface area contributed by atoms with E-state index in [1.165, 1.54) is 18.2 Å². The van der Waals surface area contributed by atoms with Gasteiger partial charge in [0.2, 0.25) is 0 Å². The molecule has 6 heteroatoms. The molecule has 0 aliphatic heterocycles. The van der Waals surface area contributed by atoms with Gasteiger partial charge in [-0.25, -0.2) is 13.2 Å². The number of nitrogens with zero attached hydrogens (tertiary/aromatic N) is 1. The lowest BCUT2D eigenvalue weighted by Gasteiger charge is -2.07. The van der Waals surface area contributed by atoms with E-state index in [-0.39, 0.29) is 27.5 Å². The van der Waals surface area contributed by atoms with E-state index in [0.29, 0.717) is 0 Å². The molecule has 0 heterocycles. The van der Waals surface area contributed by atoms with Crippen molar-refractivity contribution < 1.29 is 13.2 Å². The number of hydrogen-bond acceptors (Lipinski definition) is 3. The number of benzene rings is 2. The summed E-state index contributed by atoms with van der Waals surface area (Å²) in [5.74, 6) is -2.23. The smallest absolute Gasteiger partial charge is 0.144 e. The minimum Gasteiger partial charge on any atom is -0.399 e. The van der Waals surface area contributed by atoms with Crippen LogP contribution in [0.4, 0.5) is 18.9 Å². The van der Waals surface area contributed by atoms with Crippen LogP contribution in [0, 0.1) is 28.8 Å². The molecule has 2 nitrogen and oxygen atoms in total. The molecule has 0 aromatic heterocycles. The van der Waals surface area contributed by atoms with Gasteiger partial charge in [-0.15, -0.1) is 11.8 Å². The Labute approximate surface area is 118 Å². The van der Waals surface area contributed by atoms with Crippen LogP contribution in [0.2, 0.25) is 0 Å². The molecule has 2 aromatic carbocycles. The summed E-state index contributed by atoms with van der Waals surface area (Å²) >= 11 is 0.814. The molecule has 0 aliphatic carbocycles. The number of anilines is 1. The number of nitrogens with two attached hydrogens (primary N) is 1. The van der Waals surface area contributed by atoms with Gasteiger partial charge in [-0.2, -0.15) is 5.26 Å². The van der Waals surface area contributed by atoms with Crippen LogP contribution in [-0.2, 0) is 5.75 Å². The van der Waals surface area contributed by atoms with Gasteiger partial charge in [-0.3, -0.25) is 0 Å². The summed E-state index contributed by atoms with van der Waals surface area (Å²) in [6.45, 7) is 0. The molecular formula is C14H9F3N2S. The maximum atomic E-state index is 13.8. The van der Waals surface area contributed by atoms with E-state index in [1.807, 2.05) is 0 Å². The van der Waals surface area contributed by atoms with Gasteiger partial charge in [0.05, 0.1) is 10.5 Å². The Morgan fingerprint density at radius 2 is 1.80 bits per heavy atom. The van der Waals surface area contributed by atoms with Crippen molar-refractivity contribution in [1.29, 1.82) is 5.26 Å². The van der Waals surface area contributed by atoms with E-state index in [4.69, 9.17) is 11.0 Å². The molecule has 0 unspecified atom stereocenters. The normalized spacial score (nSPS) is 10.3. The zero-order chi connectivity index (χ0) is 14.7. The first-order valence-corrected chi connectivity index (χ1v) is 6.56. The quantitative estimate of drug-likeness (QED) is 0.691. The molecule has 20 heavy (non-hydrogen) atoms. The van der Waals surface area contributed by atoms with Crippen molar-refractivity contribution in [2.75, 3.05) is 5.73 Å². The first-order valence-electron chi connectivity index (χ1n) is 5.57. The minimum absolute atomic E-state index is 0.0120. The van der Waals surface area contributed by atoms with Gasteiger partial charge in [0.15, 0.2) is 0 Å². The summed E-state index contributed by atoms with van der Waals surface area (Å²) in [7, 11) is 0. The Morgan fingerprint density at radius 3 is 2.40 bits per heavy atom. The van der Waals surface area contributed by atoms with Crippen molar-refractivity contribution >= 4 is 17.4 Å². The average Bonchev–Trinajstić information content (AvgIpc) is 2.39. The fraction of sp³-hybridized carbons (Fsp3) is 0.0714. The molecule has 0 amide bonds. The Morgan fingerprint density at radius 1 is 1.15 bits per heavy atom. The summed E-state index contributed by atoms with van der Waals surface area (Å²) in [6, 6.07) is 8.06. The lowest BCUT2D eigenvalue weighted by Crippen LogP contribution is -1.95. The average molecular weight is 294 g/mol. The molecule has 0 fully saturated rings. The second-order valence-electron chi connectivity index (χ2n) is 3.99. The molecule has 102 valence electrons. The van der Waals surface area contributed by atoms with Gasteiger partial charge in [0, 0.05) is 11.4 Å².